The summed E-state index contributed by atoms with van der Waals surface area (Å²) in [6, 6.07) is 0. The molecule has 0 aromatic heterocycles. The number of carbonyl (C=O) groups is 1. The molecule has 1 amide bonds. The van der Waals surface area contributed by atoms with E-state index >= 15 is 0 Å². The highest BCUT2D eigenvalue weighted by atomic mass is 35.5. The lowest BCUT2D eigenvalue weighted by molar-refractivity contribution is -0.123. The van der Waals surface area contributed by atoms with Crippen molar-refractivity contribution in [3.05, 3.63) is 0 Å². The van der Waals surface area contributed by atoms with Gasteiger partial charge in [0.25, 0.3) is 0 Å². The fraction of sp³-hybridized carbons (Fsp3) is 0.933. The molecule has 1 atom stereocenters. The molecule has 0 saturated heterocycles. The van der Waals surface area contributed by atoms with Crippen LogP contribution in [0.4, 0.5) is 0 Å². The Bertz CT molecular complexity index is 314. The molecule has 0 aliphatic heterocycles. The molecule has 1 fully saturated rings. The zero-order valence-corrected chi connectivity index (χ0v) is 13.6. The van der Waals surface area contributed by atoms with Crippen LogP contribution in [0, 0.1) is 22.2 Å². The van der Waals surface area contributed by atoms with Crippen molar-refractivity contribution >= 4 is 17.5 Å². The second kappa shape index (κ2) is 4.70. The summed E-state index contributed by atoms with van der Waals surface area (Å²) in [6.45, 7) is 15.7. The van der Waals surface area contributed by atoms with Gasteiger partial charge in [-0.15, -0.1) is 11.6 Å². The minimum atomic E-state index is 0.0129. The summed E-state index contributed by atoms with van der Waals surface area (Å²) in [6.07, 6.45) is 0.909. The average molecular weight is 274 g/mol. The highest BCUT2D eigenvalue weighted by Crippen LogP contribution is 2.68. The van der Waals surface area contributed by atoms with E-state index in [2.05, 4.69) is 53.8 Å². The molecule has 1 N–H and O–H groups in total. The molecule has 3 heteroatoms. The lowest BCUT2D eigenvalue weighted by atomic mass is 9.90. The minimum absolute atomic E-state index is 0.0129. The molecule has 18 heavy (non-hydrogen) atoms. The summed E-state index contributed by atoms with van der Waals surface area (Å²) in [7, 11) is 0. The Labute approximate surface area is 117 Å². The second-order valence-corrected chi connectivity index (χ2v) is 8.60. The number of nitrogens with one attached hydrogen (secondary N) is 1. The summed E-state index contributed by atoms with van der Waals surface area (Å²) in [4.78, 5) is 12.1. The summed E-state index contributed by atoms with van der Waals surface area (Å²) in [5, 5.41) is 3.02. The fourth-order valence-corrected chi connectivity index (χ4v) is 3.44. The first-order chi connectivity index (χ1) is 7.89. The van der Waals surface area contributed by atoms with Gasteiger partial charge in [0.15, 0.2) is 0 Å². The van der Waals surface area contributed by atoms with Gasteiger partial charge in [-0.25, -0.2) is 0 Å². The van der Waals surface area contributed by atoms with Gasteiger partial charge in [0.1, 0.15) is 0 Å². The number of alkyl halides is 1. The first-order valence-corrected chi connectivity index (χ1v) is 7.25. The number of amides is 1. The van der Waals surface area contributed by atoms with Gasteiger partial charge >= 0.3 is 0 Å². The van der Waals surface area contributed by atoms with E-state index in [0.717, 1.165) is 6.42 Å². The highest BCUT2D eigenvalue weighted by Gasteiger charge is 2.68. The van der Waals surface area contributed by atoms with E-state index in [1.54, 1.807) is 0 Å². The smallest absolute Gasteiger partial charge is 0.224 e. The standard InChI is InChI=1S/C15H28ClNO/c1-13(2,3)8-10(16)9-17-12(18)11-14(4,5)15(11,6)7/h10-11H,8-9H2,1-7H3,(H,17,18). The molecule has 0 radical (unpaired) electrons. The Hall–Kier alpha value is -0.240. The lowest BCUT2D eigenvalue weighted by Gasteiger charge is -2.22. The zero-order valence-electron chi connectivity index (χ0n) is 12.9. The number of carbonyl (C=O) groups excluding carboxylic acids is 1. The summed E-state index contributed by atoms with van der Waals surface area (Å²) >= 11 is 6.26. The van der Waals surface area contributed by atoms with Gasteiger partial charge in [-0.3, -0.25) is 4.79 Å². The maximum Gasteiger partial charge on any atom is 0.224 e. The number of hydrogen-bond acceptors (Lipinski definition) is 1. The molecule has 1 rings (SSSR count). The van der Waals surface area contributed by atoms with Crippen molar-refractivity contribution in [3.8, 4) is 0 Å². The normalized spacial score (nSPS) is 23.6. The Morgan fingerprint density at radius 1 is 1.22 bits per heavy atom. The van der Waals surface area contributed by atoms with Crippen LogP contribution in [0.15, 0.2) is 0 Å². The molecule has 2 nitrogen and oxygen atoms in total. The highest BCUT2D eigenvalue weighted by molar-refractivity contribution is 6.20. The van der Waals surface area contributed by atoms with Crippen molar-refractivity contribution in [3.63, 3.8) is 0 Å². The van der Waals surface area contributed by atoms with E-state index in [-0.39, 0.29) is 33.4 Å². The SMILES string of the molecule is CC(C)(C)CC(Cl)CNC(=O)C1C(C)(C)C1(C)C. The third-order valence-electron chi connectivity index (χ3n) is 4.61. The van der Waals surface area contributed by atoms with Gasteiger partial charge in [-0.1, -0.05) is 48.5 Å². The van der Waals surface area contributed by atoms with Crippen molar-refractivity contribution < 1.29 is 4.79 Å². The van der Waals surface area contributed by atoms with Gasteiger partial charge in [-0.2, -0.15) is 0 Å². The monoisotopic (exact) mass is 273 g/mol. The van der Waals surface area contributed by atoms with Crippen molar-refractivity contribution in [2.75, 3.05) is 6.54 Å². The van der Waals surface area contributed by atoms with E-state index in [1.165, 1.54) is 0 Å². The predicted molar refractivity (Wildman–Crippen MR) is 77.8 cm³/mol. The van der Waals surface area contributed by atoms with Gasteiger partial charge in [0.2, 0.25) is 5.91 Å². The van der Waals surface area contributed by atoms with Crippen LogP contribution in [0.2, 0.25) is 0 Å². The number of halogens is 1. The molecular formula is C15H28ClNO. The summed E-state index contributed by atoms with van der Waals surface area (Å²) in [5.41, 5.74) is 0.404. The van der Waals surface area contributed by atoms with Crippen molar-refractivity contribution in [2.45, 2.75) is 60.3 Å². The Morgan fingerprint density at radius 2 is 1.67 bits per heavy atom. The van der Waals surface area contributed by atoms with Crippen molar-refractivity contribution in [2.24, 2.45) is 22.2 Å². The Morgan fingerprint density at radius 3 is 2.00 bits per heavy atom. The van der Waals surface area contributed by atoms with E-state index in [9.17, 15) is 4.79 Å². The van der Waals surface area contributed by atoms with Crippen LogP contribution < -0.4 is 5.32 Å². The van der Waals surface area contributed by atoms with Crippen LogP contribution in [-0.4, -0.2) is 17.8 Å². The predicted octanol–water partition coefficient (Wildman–Crippen LogP) is 3.83. The molecule has 0 aromatic carbocycles. The van der Waals surface area contributed by atoms with E-state index in [4.69, 9.17) is 11.6 Å². The molecule has 106 valence electrons. The molecule has 0 heterocycles. The van der Waals surface area contributed by atoms with Crippen LogP contribution in [0.3, 0.4) is 0 Å². The van der Waals surface area contributed by atoms with E-state index in [0.29, 0.717) is 6.54 Å². The largest absolute Gasteiger partial charge is 0.354 e. The van der Waals surface area contributed by atoms with E-state index < -0.39 is 0 Å². The maximum atomic E-state index is 12.1. The molecule has 1 unspecified atom stereocenters. The first-order valence-electron chi connectivity index (χ1n) is 6.81. The fourth-order valence-electron chi connectivity index (χ4n) is 2.90. The van der Waals surface area contributed by atoms with Gasteiger partial charge in [0, 0.05) is 12.5 Å². The quantitative estimate of drug-likeness (QED) is 0.775. The molecular weight excluding hydrogens is 246 g/mol. The molecule has 1 aliphatic carbocycles. The average Bonchev–Trinajstić information content (AvgIpc) is 2.51. The minimum Gasteiger partial charge on any atom is -0.354 e. The van der Waals surface area contributed by atoms with Crippen LogP contribution in [0.5, 0.6) is 0 Å². The topological polar surface area (TPSA) is 29.1 Å². The lowest BCUT2D eigenvalue weighted by Crippen LogP contribution is -2.34. The molecule has 0 bridgehead atoms. The van der Waals surface area contributed by atoms with Gasteiger partial charge < -0.3 is 5.32 Å². The molecule has 1 saturated carbocycles. The van der Waals surface area contributed by atoms with Crippen LogP contribution >= 0.6 is 11.6 Å². The van der Waals surface area contributed by atoms with Crippen LogP contribution in [0.1, 0.15) is 54.9 Å². The number of hydrogen-bond donors (Lipinski definition) is 1. The third kappa shape index (κ3) is 3.20. The van der Waals surface area contributed by atoms with Crippen molar-refractivity contribution in [1.82, 2.24) is 5.32 Å². The summed E-state index contributed by atoms with van der Waals surface area (Å²) in [5.74, 6) is 0.271. The Balaban J connectivity index is 2.40. The molecule has 0 aromatic rings. The van der Waals surface area contributed by atoms with E-state index in [1.807, 2.05) is 0 Å². The molecule has 0 spiro atoms. The third-order valence-corrected chi connectivity index (χ3v) is 4.92. The van der Waals surface area contributed by atoms with Gasteiger partial charge in [0.05, 0.1) is 5.38 Å². The van der Waals surface area contributed by atoms with Crippen LogP contribution in [0.25, 0.3) is 0 Å². The Kier molecular flexibility index (Phi) is 4.13. The molecule has 1 aliphatic rings. The van der Waals surface area contributed by atoms with Gasteiger partial charge in [-0.05, 0) is 22.7 Å². The zero-order chi connectivity index (χ0) is 14.4. The van der Waals surface area contributed by atoms with Crippen LogP contribution in [-0.2, 0) is 4.79 Å². The maximum absolute atomic E-state index is 12.1. The second-order valence-electron chi connectivity index (χ2n) is 7.98. The number of rotatable bonds is 4. The first kappa shape index (κ1) is 15.8. The summed E-state index contributed by atoms with van der Waals surface area (Å²) < 4.78 is 0. The van der Waals surface area contributed by atoms with Crippen molar-refractivity contribution in [1.29, 1.82) is 0 Å².